The molecule has 0 fully saturated rings. The van der Waals surface area contributed by atoms with Crippen molar-refractivity contribution in [1.82, 2.24) is 15.0 Å². The Hall–Kier alpha value is -1.86. The number of carbonyl (C=O) groups excluding carboxylic acids is 1. The van der Waals surface area contributed by atoms with Gasteiger partial charge in [0, 0.05) is 11.8 Å². The number of hydrogen-bond donors (Lipinski definition) is 1. The lowest BCUT2D eigenvalue weighted by atomic mass is 10.3. The van der Waals surface area contributed by atoms with Crippen molar-refractivity contribution < 1.29 is 4.79 Å². The van der Waals surface area contributed by atoms with Crippen molar-refractivity contribution >= 4 is 54.8 Å². The molecule has 94 valence electrons. The average molecular weight is 335 g/mol. The van der Waals surface area contributed by atoms with Crippen LogP contribution in [0.3, 0.4) is 0 Å². The number of aromatic nitrogens is 3. The van der Waals surface area contributed by atoms with E-state index in [-0.39, 0.29) is 0 Å². The van der Waals surface area contributed by atoms with Crippen molar-refractivity contribution in [3.8, 4) is 0 Å². The maximum Gasteiger partial charge on any atom is 0.190 e. The first-order valence-electron chi connectivity index (χ1n) is 5.36. The van der Waals surface area contributed by atoms with Gasteiger partial charge in [-0.2, -0.15) is 0 Å². The number of pyridine rings is 2. The van der Waals surface area contributed by atoms with E-state index in [9.17, 15) is 4.79 Å². The zero-order valence-electron chi connectivity index (χ0n) is 9.50. The van der Waals surface area contributed by atoms with Crippen LogP contribution in [0.1, 0.15) is 10.4 Å². The smallest absolute Gasteiger partial charge is 0.190 e. The number of nitrogens with zero attached hydrogens (tertiary/aromatic N) is 3. The third-order valence-electron chi connectivity index (χ3n) is 2.38. The summed E-state index contributed by atoms with van der Waals surface area (Å²) in [6, 6.07) is 7.05. The van der Waals surface area contributed by atoms with Crippen molar-refractivity contribution in [3.05, 3.63) is 40.6 Å². The third-order valence-corrected chi connectivity index (χ3v) is 3.70. The first-order chi connectivity index (χ1) is 9.24. The molecule has 0 aromatic carbocycles. The Labute approximate surface area is 120 Å². The Morgan fingerprint density at radius 2 is 2.16 bits per heavy atom. The Morgan fingerprint density at radius 3 is 3.00 bits per heavy atom. The maximum absolute atomic E-state index is 10.7. The predicted molar refractivity (Wildman–Crippen MR) is 78.0 cm³/mol. The lowest BCUT2D eigenvalue weighted by Crippen LogP contribution is -1.93. The summed E-state index contributed by atoms with van der Waals surface area (Å²) in [5, 5.41) is 3.76. The second-order valence-electron chi connectivity index (χ2n) is 3.69. The van der Waals surface area contributed by atoms with Gasteiger partial charge in [-0.1, -0.05) is 11.3 Å². The number of thiazole rings is 1. The van der Waals surface area contributed by atoms with Crippen LogP contribution in [0.25, 0.3) is 10.3 Å². The van der Waals surface area contributed by atoms with Gasteiger partial charge in [0.2, 0.25) is 0 Å². The molecule has 19 heavy (non-hydrogen) atoms. The first kappa shape index (κ1) is 12.2. The van der Waals surface area contributed by atoms with Gasteiger partial charge < -0.3 is 5.32 Å². The number of aldehydes is 1. The quantitative estimate of drug-likeness (QED) is 0.587. The van der Waals surface area contributed by atoms with Gasteiger partial charge >= 0.3 is 0 Å². The van der Waals surface area contributed by atoms with Crippen molar-refractivity contribution in [1.29, 1.82) is 0 Å². The minimum absolute atomic E-state index is 0.569. The molecule has 3 aromatic rings. The summed E-state index contributed by atoms with van der Waals surface area (Å²) in [5.41, 5.74) is 1.39. The van der Waals surface area contributed by atoms with Crippen LogP contribution in [0, 0.1) is 0 Å². The van der Waals surface area contributed by atoms with Gasteiger partial charge in [-0.3, -0.25) is 4.79 Å². The number of fused-ring (bicyclic) bond motifs is 1. The SMILES string of the molecule is O=Cc1ccnc(Nc2nc3ccc(Br)nc3s2)c1. The number of rotatable bonds is 3. The molecule has 5 nitrogen and oxygen atoms in total. The molecule has 0 unspecified atom stereocenters. The summed E-state index contributed by atoms with van der Waals surface area (Å²) in [6.07, 6.45) is 2.36. The van der Waals surface area contributed by atoms with E-state index < -0.39 is 0 Å². The summed E-state index contributed by atoms with van der Waals surface area (Å²) in [5.74, 6) is 0.586. The Morgan fingerprint density at radius 1 is 1.26 bits per heavy atom. The normalized spacial score (nSPS) is 10.6. The van der Waals surface area contributed by atoms with Gasteiger partial charge in [-0.15, -0.1) is 0 Å². The minimum atomic E-state index is 0.569. The molecule has 3 heterocycles. The van der Waals surface area contributed by atoms with E-state index in [1.165, 1.54) is 11.3 Å². The highest BCUT2D eigenvalue weighted by Crippen LogP contribution is 2.27. The molecule has 0 aliphatic rings. The highest BCUT2D eigenvalue weighted by molar-refractivity contribution is 9.10. The summed E-state index contributed by atoms with van der Waals surface area (Å²) in [7, 11) is 0. The van der Waals surface area contributed by atoms with Gasteiger partial charge in [0.25, 0.3) is 0 Å². The Bertz CT molecular complexity index is 758. The number of nitrogens with one attached hydrogen (secondary N) is 1. The third kappa shape index (κ3) is 2.61. The second kappa shape index (κ2) is 5.02. The lowest BCUT2D eigenvalue weighted by molar-refractivity contribution is 0.112. The average Bonchev–Trinajstić information content (AvgIpc) is 2.80. The fourth-order valence-electron chi connectivity index (χ4n) is 1.55. The monoisotopic (exact) mass is 334 g/mol. The molecular formula is C12H7BrN4OS. The van der Waals surface area contributed by atoms with Gasteiger partial charge in [0.05, 0.1) is 0 Å². The number of anilines is 2. The topological polar surface area (TPSA) is 67.8 Å². The molecule has 3 rings (SSSR count). The molecule has 3 aromatic heterocycles. The fourth-order valence-corrected chi connectivity index (χ4v) is 2.82. The molecule has 0 bridgehead atoms. The van der Waals surface area contributed by atoms with E-state index in [2.05, 4.69) is 36.2 Å². The molecule has 1 N–H and O–H groups in total. The first-order valence-corrected chi connectivity index (χ1v) is 6.97. The van der Waals surface area contributed by atoms with Crippen LogP contribution in [0.15, 0.2) is 35.1 Å². The fraction of sp³-hybridized carbons (Fsp3) is 0. The largest absolute Gasteiger partial charge is 0.316 e. The van der Waals surface area contributed by atoms with Crippen LogP contribution >= 0.6 is 27.3 Å². The van der Waals surface area contributed by atoms with Crippen LogP contribution < -0.4 is 5.32 Å². The molecule has 0 saturated carbocycles. The molecular weight excluding hydrogens is 328 g/mol. The van der Waals surface area contributed by atoms with Gasteiger partial charge in [-0.05, 0) is 40.2 Å². The summed E-state index contributed by atoms with van der Waals surface area (Å²) in [4.78, 5) is 24.4. The van der Waals surface area contributed by atoms with E-state index in [1.807, 2.05) is 12.1 Å². The Balaban J connectivity index is 1.94. The molecule has 7 heteroatoms. The van der Waals surface area contributed by atoms with Gasteiger partial charge in [0.15, 0.2) is 5.13 Å². The highest BCUT2D eigenvalue weighted by Gasteiger charge is 2.06. The Kier molecular flexibility index (Phi) is 3.22. The van der Waals surface area contributed by atoms with E-state index >= 15 is 0 Å². The summed E-state index contributed by atoms with van der Waals surface area (Å²) < 4.78 is 0.774. The van der Waals surface area contributed by atoms with E-state index in [4.69, 9.17) is 0 Å². The van der Waals surface area contributed by atoms with Crippen LogP contribution in [0.2, 0.25) is 0 Å². The van der Waals surface area contributed by atoms with Crippen molar-refractivity contribution in [2.24, 2.45) is 0 Å². The molecule has 0 amide bonds. The van der Waals surface area contributed by atoms with Crippen molar-refractivity contribution in [2.75, 3.05) is 5.32 Å². The molecule has 0 aliphatic heterocycles. The molecule has 0 saturated heterocycles. The molecule has 0 spiro atoms. The van der Waals surface area contributed by atoms with Crippen LogP contribution in [-0.4, -0.2) is 21.2 Å². The highest BCUT2D eigenvalue weighted by atomic mass is 79.9. The molecule has 0 radical (unpaired) electrons. The lowest BCUT2D eigenvalue weighted by Gasteiger charge is -2.00. The molecule has 0 atom stereocenters. The zero-order chi connectivity index (χ0) is 13.2. The number of halogens is 1. The minimum Gasteiger partial charge on any atom is -0.316 e. The van der Waals surface area contributed by atoms with E-state index in [0.29, 0.717) is 16.5 Å². The van der Waals surface area contributed by atoms with Crippen LogP contribution in [-0.2, 0) is 0 Å². The summed E-state index contributed by atoms with van der Waals surface area (Å²) >= 11 is 4.75. The zero-order valence-corrected chi connectivity index (χ0v) is 11.9. The summed E-state index contributed by atoms with van der Waals surface area (Å²) in [6.45, 7) is 0. The van der Waals surface area contributed by atoms with E-state index in [1.54, 1.807) is 18.3 Å². The van der Waals surface area contributed by atoms with Gasteiger partial charge in [-0.25, -0.2) is 15.0 Å². The number of carbonyl (C=O) groups is 1. The number of hydrogen-bond acceptors (Lipinski definition) is 6. The predicted octanol–water partition coefficient (Wildman–Crippen LogP) is 3.40. The van der Waals surface area contributed by atoms with Crippen molar-refractivity contribution in [3.63, 3.8) is 0 Å². The van der Waals surface area contributed by atoms with Crippen LogP contribution in [0.4, 0.5) is 10.9 Å². The maximum atomic E-state index is 10.7. The molecule has 0 aliphatic carbocycles. The van der Waals surface area contributed by atoms with E-state index in [0.717, 1.165) is 21.2 Å². The van der Waals surface area contributed by atoms with Gasteiger partial charge in [0.1, 0.15) is 27.1 Å². The standard InChI is InChI=1S/C12H7BrN4OS/c13-9-2-1-8-11(16-9)19-12(15-8)17-10-5-7(6-18)3-4-14-10/h1-6H,(H,14,15,17). The van der Waals surface area contributed by atoms with Crippen molar-refractivity contribution in [2.45, 2.75) is 0 Å². The second-order valence-corrected chi connectivity index (χ2v) is 5.48. The van der Waals surface area contributed by atoms with Crippen LogP contribution in [0.5, 0.6) is 0 Å².